The largest absolute Gasteiger partial charge is 0.534 e. The minimum atomic E-state index is -6.17. The minimum absolute atomic E-state index is 0.0288. The first kappa shape index (κ1) is 21.5. The molecule has 0 aliphatic heterocycles. The smallest absolute Gasteiger partial charge is 0.462 e. The first-order valence-corrected chi connectivity index (χ1v) is 9.35. The Balaban J connectivity index is 2.88. The van der Waals surface area contributed by atoms with E-state index >= 15 is 0 Å². The van der Waals surface area contributed by atoms with E-state index in [0.29, 0.717) is 0 Å². The van der Waals surface area contributed by atoms with Crippen LogP contribution in [0.2, 0.25) is 0 Å². The number of fused-ring (bicyclic) bond motifs is 1. The van der Waals surface area contributed by atoms with Gasteiger partial charge >= 0.3 is 27.6 Å². The summed E-state index contributed by atoms with van der Waals surface area (Å²) in [6, 6.07) is 7.07. The third kappa shape index (κ3) is 4.03. The lowest BCUT2D eigenvalue weighted by molar-refractivity contribution is -0.0501. The van der Waals surface area contributed by atoms with E-state index in [4.69, 9.17) is 9.47 Å². The van der Waals surface area contributed by atoms with E-state index < -0.39 is 44.4 Å². The van der Waals surface area contributed by atoms with Crippen LogP contribution in [0, 0.1) is 0 Å². The predicted octanol–water partition coefficient (Wildman–Crippen LogP) is 3.37. The zero-order valence-electron chi connectivity index (χ0n) is 14.7. The molecule has 0 saturated heterocycles. The quantitative estimate of drug-likeness (QED) is 0.402. The topological polar surface area (TPSA) is 96.0 Å². The van der Waals surface area contributed by atoms with Gasteiger partial charge in [-0.25, -0.2) is 9.59 Å². The molecule has 2 rings (SSSR count). The Labute approximate surface area is 158 Å². The molecule has 0 saturated carbocycles. The van der Waals surface area contributed by atoms with Gasteiger partial charge in [0.05, 0.1) is 13.2 Å². The molecule has 0 heterocycles. The molecular formula is C17H15F3O7S. The van der Waals surface area contributed by atoms with Crippen LogP contribution in [0.5, 0.6) is 5.75 Å². The number of halogens is 3. The molecule has 2 aliphatic rings. The summed E-state index contributed by atoms with van der Waals surface area (Å²) in [4.78, 5) is 24.8. The van der Waals surface area contributed by atoms with E-state index in [1.165, 1.54) is 44.2 Å². The van der Waals surface area contributed by atoms with Crippen molar-refractivity contribution >= 4 is 22.1 Å². The molecule has 0 aromatic heterocycles. The van der Waals surface area contributed by atoms with Gasteiger partial charge in [-0.1, -0.05) is 30.3 Å². The van der Waals surface area contributed by atoms with Crippen LogP contribution in [0.1, 0.15) is 34.6 Å². The van der Waals surface area contributed by atoms with E-state index in [1.54, 1.807) is 0 Å². The summed E-state index contributed by atoms with van der Waals surface area (Å²) in [5.41, 5.74) is -7.08. The lowest BCUT2D eigenvalue weighted by atomic mass is 10.1. The first-order valence-electron chi connectivity index (χ1n) is 7.94. The molecule has 0 radical (unpaired) electrons. The molecule has 7 nitrogen and oxygen atoms in total. The van der Waals surface area contributed by atoms with Crippen molar-refractivity contribution in [2.24, 2.45) is 0 Å². The molecule has 0 atom stereocenters. The van der Waals surface area contributed by atoms with Crippen molar-refractivity contribution in [2.45, 2.75) is 19.4 Å². The Morgan fingerprint density at radius 1 is 0.893 bits per heavy atom. The predicted molar refractivity (Wildman–Crippen MR) is 90.6 cm³/mol. The van der Waals surface area contributed by atoms with Crippen LogP contribution >= 0.6 is 0 Å². The molecule has 11 heteroatoms. The summed E-state index contributed by atoms with van der Waals surface area (Å²) < 4.78 is 75.6. The summed E-state index contributed by atoms with van der Waals surface area (Å²) in [5, 5.41) is 0. The Bertz CT molecular complexity index is 915. The molecule has 0 spiro atoms. The highest BCUT2D eigenvalue weighted by Gasteiger charge is 2.50. The molecule has 0 bridgehead atoms. The van der Waals surface area contributed by atoms with Gasteiger partial charge in [0, 0.05) is 11.1 Å². The van der Waals surface area contributed by atoms with Crippen LogP contribution in [0.3, 0.4) is 0 Å². The van der Waals surface area contributed by atoms with Crippen molar-refractivity contribution in [3.8, 4) is 16.9 Å². The number of rotatable bonds is 6. The Kier molecular flexibility index (Phi) is 6.17. The molecule has 0 N–H and O–H groups in total. The highest BCUT2D eigenvalue weighted by molar-refractivity contribution is 7.88. The van der Waals surface area contributed by atoms with E-state index in [2.05, 4.69) is 4.18 Å². The summed E-state index contributed by atoms with van der Waals surface area (Å²) >= 11 is 0. The van der Waals surface area contributed by atoms with Crippen molar-refractivity contribution in [3.63, 3.8) is 0 Å². The molecule has 0 amide bonds. The number of carbonyl (C=O) groups excluding carboxylic acids is 2. The molecule has 0 unspecified atom stereocenters. The summed E-state index contributed by atoms with van der Waals surface area (Å²) in [6.07, 6.45) is 0. The van der Waals surface area contributed by atoms with Gasteiger partial charge in [-0.2, -0.15) is 21.6 Å². The SMILES string of the molecule is CCOC(=O)c1c2cccccc-2c(C(=O)OCC)c1OS(=O)(=O)C(F)(F)F. The average Bonchev–Trinajstić information content (AvgIpc) is 2.71. The van der Waals surface area contributed by atoms with Crippen molar-refractivity contribution in [1.82, 2.24) is 0 Å². The zero-order valence-corrected chi connectivity index (χ0v) is 15.5. The third-order valence-electron chi connectivity index (χ3n) is 3.47. The maximum absolute atomic E-state index is 12.9. The summed E-state index contributed by atoms with van der Waals surface area (Å²) in [6.45, 7) is 2.60. The standard InChI is InChI=1S/C17H15F3O7S/c1-3-25-15(21)12-10-8-6-5-7-9-11(10)13(16(22)26-4-2)14(12)27-28(23,24)17(18,19)20/h5-9H,3-4H2,1-2H3. The van der Waals surface area contributed by atoms with Crippen molar-refractivity contribution in [2.75, 3.05) is 13.2 Å². The molecule has 152 valence electrons. The lowest BCUT2D eigenvalue weighted by Gasteiger charge is -2.12. The van der Waals surface area contributed by atoms with Gasteiger partial charge in [0.1, 0.15) is 11.1 Å². The molecular weight excluding hydrogens is 405 g/mol. The molecule has 0 aromatic carbocycles. The number of alkyl halides is 3. The average molecular weight is 420 g/mol. The monoisotopic (exact) mass is 420 g/mol. The highest BCUT2D eigenvalue weighted by atomic mass is 32.2. The van der Waals surface area contributed by atoms with Crippen molar-refractivity contribution in [1.29, 1.82) is 0 Å². The Hall–Kier alpha value is -2.82. The summed E-state index contributed by atoms with van der Waals surface area (Å²) in [7, 11) is -6.17. The van der Waals surface area contributed by atoms with E-state index in [-0.39, 0.29) is 24.3 Å². The zero-order chi connectivity index (χ0) is 21.1. The van der Waals surface area contributed by atoms with Gasteiger partial charge in [-0.3, -0.25) is 0 Å². The second-order valence-corrected chi connectivity index (χ2v) is 6.78. The van der Waals surface area contributed by atoms with Crippen molar-refractivity contribution in [3.05, 3.63) is 41.5 Å². The van der Waals surface area contributed by atoms with E-state index in [0.717, 1.165) is 0 Å². The van der Waals surface area contributed by atoms with E-state index in [1.807, 2.05) is 0 Å². The van der Waals surface area contributed by atoms with Crippen LogP contribution in [0.25, 0.3) is 11.1 Å². The maximum Gasteiger partial charge on any atom is 0.534 e. The number of esters is 2. The van der Waals surface area contributed by atoms with Gasteiger partial charge in [0.15, 0.2) is 5.75 Å². The number of hydrogen-bond donors (Lipinski definition) is 0. The van der Waals surface area contributed by atoms with Crippen LogP contribution < -0.4 is 4.18 Å². The maximum atomic E-state index is 12.9. The van der Waals surface area contributed by atoms with E-state index in [9.17, 15) is 31.2 Å². The Morgan fingerprint density at radius 2 is 1.32 bits per heavy atom. The van der Waals surface area contributed by atoms with Gasteiger partial charge in [0.25, 0.3) is 0 Å². The second kappa shape index (κ2) is 8.05. The Morgan fingerprint density at radius 3 is 1.68 bits per heavy atom. The fourth-order valence-corrected chi connectivity index (χ4v) is 2.89. The number of hydrogen-bond acceptors (Lipinski definition) is 7. The molecule has 0 aromatic rings. The third-order valence-corrected chi connectivity index (χ3v) is 4.42. The normalized spacial score (nSPS) is 11.9. The highest BCUT2D eigenvalue weighted by Crippen LogP contribution is 2.44. The summed E-state index contributed by atoms with van der Waals surface area (Å²) in [5.74, 6) is -3.39. The van der Waals surface area contributed by atoms with Crippen LogP contribution in [0.4, 0.5) is 13.2 Å². The van der Waals surface area contributed by atoms with Gasteiger partial charge in [-0.05, 0) is 13.8 Å². The second-order valence-electron chi connectivity index (χ2n) is 5.24. The van der Waals surface area contributed by atoms with Crippen molar-refractivity contribution < 1.29 is 44.8 Å². The molecule has 2 aliphatic carbocycles. The fraction of sp³-hybridized carbons (Fsp3) is 0.294. The molecule has 28 heavy (non-hydrogen) atoms. The van der Waals surface area contributed by atoms with Crippen LogP contribution in [-0.2, 0) is 19.6 Å². The van der Waals surface area contributed by atoms with Crippen LogP contribution in [0.15, 0.2) is 30.3 Å². The minimum Gasteiger partial charge on any atom is -0.462 e. The van der Waals surface area contributed by atoms with Gasteiger partial charge in [0.2, 0.25) is 0 Å². The number of ether oxygens (including phenoxy) is 2. The molecule has 0 fully saturated rings. The van der Waals surface area contributed by atoms with Gasteiger partial charge in [-0.15, -0.1) is 0 Å². The first-order chi connectivity index (χ1) is 13.0. The fourth-order valence-electron chi connectivity index (χ4n) is 2.41. The number of carbonyl (C=O) groups is 2. The van der Waals surface area contributed by atoms with Gasteiger partial charge < -0.3 is 13.7 Å². The lowest BCUT2D eigenvalue weighted by Crippen LogP contribution is -2.29. The van der Waals surface area contributed by atoms with Crippen LogP contribution in [-0.4, -0.2) is 39.1 Å².